The lowest BCUT2D eigenvalue weighted by atomic mass is 10.2. The number of rotatable bonds is 5. The van der Waals surface area contributed by atoms with Crippen LogP contribution in [0.4, 0.5) is 13.6 Å². The zero-order valence-electron chi connectivity index (χ0n) is 8.96. The summed E-state index contributed by atoms with van der Waals surface area (Å²) in [5.74, 6) is -2.99. The number of amides is 2. The van der Waals surface area contributed by atoms with Crippen molar-refractivity contribution >= 4 is 6.03 Å². The minimum atomic E-state index is -1.00. The topological polar surface area (TPSA) is 87.4 Å². The number of hydrogen-bond donors (Lipinski definition) is 4. The Morgan fingerprint density at radius 3 is 2.41 bits per heavy atom. The number of carbonyl (C=O) groups excluding carboxylic acids is 1. The van der Waals surface area contributed by atoms with Crippen LogP contribution < -0.4 is 16.4 Å². The number of nitrogens with one attached hydrogen (secondary N) is 2. The molecule has 0 unspecified atom stereocenters. The lowest BCUT2D eigenvalue weighted by Crippen LogP contribution is -2.35. The maximum Gasteiger partial charge on any atom is 0.312 e. The lowest BCUT2D eigenvalue weighted by Gasteiger charge is -2.06. The second-order valence-corrected chi connectivity index (χ2v) is 3.38. The van der Waals surface area contributed by atoms with Gasteiger partial charge in [-0.1, -0.05) is 0 Å². The number of urea groups is 1. The van der Waals surface area contributed by atoms with Crippen molar-refractivity contribution in [1.82, 2.24) is 10.6 Å². The van der Waals surface area contributed by atoms with Gasteiger partial charge in [0.2, 0.25) is 0 Å². The van der Waals surface area contributed by atoms with Crippen molar-refractivity contribution in [2.45, 2.75) is 6.54 Å². The van der Waals surface area contributed by atoms with Gasteiger partial charge in [0.05, 0.1) is 0 Å². The number of carbonyl (C=O) groups is 1. The molecule has 0 bridgehead atoms. The molecule has 0 aliphatic heterocycles. The molecule has 0 radical (unpaired) electrons. The van der Waals surface area contributed by atoms with Gasteiger partial charge in [-0.3, -0.25) is 0 Å². The molecule has 0 heterocycles. The SMILES string of the molecule is NC(=O)NCCNCc1cc(F)c(O)c(F)c1. The first-order valence-corrected chi connectivity index (χ1v) is 4.91. The van der Waals surface area contributed by atoms with Gasteiger partial charge in [0.1, 0.15) is 0 Å². The Morgan fingerprint density at radius 1 is 1.29 bits per heavy atom. The van der Waals surface area contributed by atoms with Crippen molar-refractivity contribution in [2.24, 2.45) is 5.73 Å². The predicted octanol–water partition coefficient (Wildman–Crippen LogP) is 0.428. The summed E-state index contributed by atoms with van der Waals surface area (Å²) in [6.07, 6.45) is 0. The molecule has 0 aliphatic rings. The summed E-state index contributed by atoms with van der Waals surface area (Å²) < 4.78 is 25.9. The first-order chi connectivity index (χ1) is 8.00. The van der Waals surface area contributed by atoms with E-state index in [0.29, 0.717) is 18.7 Å². The Bertz CT molecular complexity index is 390. The third kappa shape index (κ3) is 4.23. The van der Waals surface area contributed by atoms with E-state index < -0.39 is 23.4 Å². The molecule has 1 aromatic carbocycles. The van der Waals surface area contributed by atoms with Gasteiger partial charge >= 0.3 is 6.03 Å². The summed E-state index contributed by atoms with van der Waals surface area (Å²) in [7, 11) is 0. The molecule has 17 heavy (non-hydrogen) atoms. The molecule has 0 aromatic heterocycles. The molecular formula is C10H13F2N3O2. The van der Waals surface area contributed by atoms with E-state index in [1.165, 1.54) is 0 Å². The average Bonchev–Trinajstić information content (AvgIpc) is 2.25. The maximum atomic E-state index is 12.9. The van der Waals surface area contributed by atoms with Crippen molar-refractivity contribution in [1.29, 1.82) is 0 Å². The van der Waals surface area contributed by atoms with Crippen molar-refractivity contribution < 1.29 is 18.7 Å². The smallest absolute Gasteiger partial charge is 0.312 e. The third-order valence-corrected chi connectivity index (χ3v) is 2.01. The summed E-state index contributed by atoms with van der Waals surface area (Å²) in [5.41, 5.74) is 5.20. The van der Waals surface area contributed by atoms with Gasteiger partial charge < -0.3 is 21.5 Å². The van der Waals surface area contributed by atoms with E-state index in [1.54, 1.807) is 0 Å². The van der Waals surface area contributed by atoms with Gasteiger partial charge in [0, 0.05) is 19.6 Å². The van der Waals surface area contributed by atoms with Gasteiger partial charge in [-0.05, 0) is 17.7 Å². The molecule has 1 aromatic rings. The van der Waals surface area contributed by atoms with Gasteiger partial charge in [-0.25, -0.2) is 13.6 Å². The highest BCUT2D eigenvalue weighted by molar-refractivity contribution is 5.71. The predicted molar refractivity (Wildman–Crippen MR) is 57.3 cm³/mol. The molecule has 5 N–H and O–H groups in total. The zero-order valence-corrected chi connectivity index (χ0v) is 8.96. The standard InChI is InChI=1S/C10H13F2N3O2/c11-7-3-6(4-8(12)9(7)16)5-14-1-2-15-10(13)17/h3-4,14,16H,1-2,5H2,(H3,13,15,17). The second-order valence-electron chi connectivity index (χ2n) is 3.38. The van der Waals surface area contributed by atoms with Crippen LogP contribution in [0.25, 0.3) is 0 Å². The van der Waals surface area contributed by atoms with Crippen LogP contribution in [0.1, 0.15) is 5.56 Å². The highest BCUT2D eigenvalue weighted by Crippen LogP contribution is 2.21. The first kappa shape index (κ1) is 13.2. The van der Waals surface area contributed by atoms with Crippen LogP contribution in [-0.2, 0) is 6.54 Å². The fourth-order valence-electron chi connectivity index (χ4n) is 1.23. The van der Waals surface area contributed by atoms with E-state index in [9.17, 15) is 13.6 Å². The molecule has 7 heteroatoms. The van der Waals surface area contributed by atoms with Crippen molar-refractivity contribution in [3.05, 3.63) is 29.3 Å². The van der Waals surface area contributed by atoms with Crippen LogP contribution >= 0.6 is 0 Å². The molecule has 0 atom stereocenters. The van der Waals surface area contributed by atoms with Crippen molar-refractivity contribution in [3.63, 3.8) is 0 Å². The highest BCUT2D eigenvalue weighted by atomic mass is 19.1. The van der Waals surface area contributed by atoms with Gasteiger partial charge in [0.15, 0.2) is 17.4 Å². The first-order valence-electron chi connectivity index (χ1n) is 4.91. The van der Waals surface area contributed by atoms with E-state index in [4.69, 9.17) is 10.8 Å². The summed E-state index contributed by atoms with van der Waals surface area (Å²) in [6, 6.07) is 1.44. The monoisotopic (exact) mass is 245 g/mol. The van der Waals surface area contributed by atoms with Crippen LogP contribution in [-0.4, -0.2) is 24.2 Å². The number of halogens is 2. The molecule has 1 rings (SSSR count). The van der Waals surface area contributed by atoms with E-state index in [1.807, 2.05) is 0 Å². The number of phenols is 1. The molecule has 2 amide bonds. The Kier molecular flexibility index (Phi) is 4.65. The van der Waals surface area contributed by atoms with Crippen LogP contribution in [0.2, 0.25) is 0 Å². The van der Waals surface area contributed by atoms with Crippen LogP contribution in [0.5, 0.6) is 5.75 Å². The quantitative estimate of drug-likeness (QED) is 0.567. The molecule has 0 saturated carbocycles. The van der Waals surface area contributed by atoms with Crippen molar-refractivity contribution in [3.8, 4) is 5.75 Å². The molecule has 5 nitrogen and oxygen atoms in total. The van der Waals surface area contributed by atoms with E-state index in [0.717, 1.165) is 12.1 Å². The number of primary amides is 1. The van der Waals surface area contributed by atoms with Crippen LogP contribution in [0, 0.1) is 11.6 Å². The average molecular weight is 245 g/mol. The maximum absolute atomic E-state index is 12.9. The number of aromatic hydroxyl groups is 1. The fraction of sp³-hybridized carbons (Fsp3) is 0.300. The summed E-state index contributed by atoms with van der Waals surface area (Å²) in [5, 5.41) is 14.1. The number of benzene rings is 1. The normalized spacial score (nSPS) is 10.2. The largest absolute Gasteiger partial charge is 0.503 e. The Balaban J connectivity index is 2.39. The van der Waals surface area contributed by atoms with Gasteiger partial charge in [-0.15, -0.1) is 0 Å². The Morgan fingerprint density at radius 2 is 1.88 bits per heavy atom. The molecule has 0 fully saturated rings. The zero-order chi connectivity index (χ0) is 12.8. The highest BCUT2D eigenvalue weighted by Gasteiger charge is 2.08. The fourth-order valence-corrected chi connectivity index (χ4v) is 1.23. The van der Waals surface area contributed by atoms with Crippen LogP contribution in [0.3, 0.4) is 0 Å². The Labute approximate surface area is 96.6 Å². The number of phenolic OH excluding ortho intramolecular Hbond substituents is 1. The molecule has 0 saturated heterocycles. The van der Waals surface area contributed by atoms with Gasteiger partial charge in [0.25, 0.3) is 0 Å². The number of nitrogens with two attached hydrogens (primary N) is 1. The molecule has 94 valence electrons. The van der Waals surface area contributed by atoms with E-state index in [-0.39, 0.29) is 6.54 Å². The van der Waals surface area contributed by atoms with Crippen LogP contribution in [0.15, 0.2) is 12.1 Å². The molecule has 0 spiro atoms. The third-order valence-electron chi connectivity index (χ3n) is 2.01. The van der Waals surface area contributed by atoms with E-state index >= 15 is 0 Å². The summed E-state index contributed by atoms with van der Waals surface area (Å²) in [6.45, 7) is 0.944. The van der Waals surface area contributed by atoms with Gasteiger partial charge in [-0.2, -0.15) is 0 Å². The Hall–Kier alpha value is -1.89. The summed E-state index contributed by atoms with van der Waals surface area (Å²) in [4.78, 5) is 10.3. The number of hydrogen-bond acceptors (Lipinski definition) is 3. The lowest BCUT2D eigenvalue weighted by molar-refractivity contribution is 0.249. The minimum absolute atomic E-state index is 0.217. The second kappa shape index (κ2) is 6.00. The minimum Gasteiger partial charge on any atom is -0.503 e. The summed E-state index contributed by atoms with van der Waals surface area (Å²) >= 11 is 0. The molecule has 0 aliphatic carbocycles. The molecular weight excluding hydrogens is 232 g/mol. The van der Waals surface area contributed by atoms with E-state index in [2.05, 4.69) is 10.6 Å². The van der Waals surface area contributed by atoms with Crippen molar-refractivity contribution in [2.75, 3.05) is 13.1 Å².